The van der Waals surface area contributed by atoms with Crippen molar-refractivity contribution in [1.29, 1.82) is 0 Å². The fourth-order valence-corrected chi connectivity index (χ4v) is 2.66. The van der Waals surface area contributed by atoms with Gasteiger partial charge >= 0.3 is 0 Å². The van der Waals surface area contributed by atoms with Gasteiger partial charge in [-0.3, -0.25) is 14.5 Å². The van der Waals surface area contributed by atoms with Crippen molar-refractivity contribution in [2.75, 3.05) is 0 Å². The maximum Gasteiger partial charge on any atom is 0.262 e. The van der Waals surface area contributed by atoms with Gasteiger partial charge in [-0.05, 0) is 18.6 Å². The molecule has 90 valence electrons. The van der Waals surface area contributed by atoms with Crippen molar-refractivity contribution in [2.45, 2.75) is 31.1 Å². The highest BCUT2D eigenvalue weighted by Crippen LogP contribution is 2.28. The molecular formula is C13H14BrNO2. The molecule has 1 unspecified atom stereocenters. The van der Waals surface area contributed by atoms with Gasteiger partial charge < -0.3 is 0 Å². The van der Waals surface area contributed by atoms with E-state index in [2.05, 4.69) is 22.9 Å². The number of carbonyl (C=O) groups is 2. The zero-order valence-electron chi connectivity index (χ0n) is 9.65. The first-order chi connectivity index (χ1) is 8.16. The highest BCUT2D eigenvalue weighted by atomic mass is 79.9. The van der Waals surface area contributed by atoms with Crippen LogP contribution in [-0.4, -0.2) is 21.7 Å². The molecule has 0 aliphatic carbocycles. The van der Waals surface area contributed by atoms with Crippen LogP contribution in [0.25, 0.3) is 0 Å². The number of nitrogens with zero attached hydrogens (tertiary/aromatic N) is 1. The Labute approximate surface area is 109 Å². The number of imide groups is 1. The van der Waals surface area contributed by atoms with E-state index in [0.29, 0.717) is 11.1 Å². The highest BCUT2D eigenvalue weighted by Gasteiger charge is 2.38. The molecule has 3 nitrogen and oxygen atoms in total. The topological polar surface area (TPSA) is 37.4 Å². The molecular weight excluding hydrogens is 282 g/mol. The van der Waals surface area contributed by atoms with Crippen LogP contribution in [-0.2, 0) is 0 Å². The maximum atomic E-state index is 12.1. The SMILES string of the molecule is CCCCC(Br)N1C(=O)c2ccccc2C1=O. The van der Waals surface area contributed by atoms with E-state index in [4.69, 9.17) is 0 Å². The summed E-state index contributed by atoms with van der Waals surface area (Å²) in [5.41, 5.74) is 1.02. The van der Waals surface area contributed by atoms with Crippen molar-refractivity contribution in [3.63, 3.8) is 0 Å². The normalized spacial score (nSPS) is 16.2. The fraction of sp³-hybridized carbons (Fsp3) is 0.385. The second-order valence-corrected chi connectivity index (χ2v) is 5.16. The first-order valence-electron chi connectivity index (χ1n) is 5.77. The van der Waals surface area contributed by atoms with E-state index < -0.39 is 0 Å². The lowest BCUT2D eigenvalue weighted by molar-refractivity contribution is 0.0636. The minimum absolute atomic E-state index is 0.191. The van der Waals surface area contributed by atoms with Gasteiger partial charge in [-0.1, -0.05) is 47.8 Å². The third kappa shape index (κ3) is 2.14. The summed E-state index contributed by atoms with van der Waals surface area (Å²) in [6.07, 6.45) is 2.83. The van der Waals surface area contributed by atoms with E-state index in [1.54, 1.807) is 24.3 Å². The number of hydrogen-bond donors (Lipinski definition) is 0. The molecule has 0 saturated carbocycles. The largest absolute Gasteiger partial charge is 0.269 e. The zero-order valence-corrected chi connectivity index (χ0v) is 11.2. The van der Waals surface area contributed by atoms with Crippen LogP contribution in [0.1, 0.15) is 46.9 Å². The molecule has 1 heterocycles. The lowest BCUT2D eigenvalue weighted by Gasteiger charge is -2.20. The van der Waals surface area contributed by atoms with Crippen LogP contribution in [0.5, 0.6) is 0 Å². The quantitative estimate of drug-likeness (QED) is 0.486. The van der Waals surface area contributed by atoms with E-state index in [0.717, 1.165) is 19.3 Å². The third-order valence-electron chi connectivity index (χ3n) is 2.90. The van der Waals surface area contributed by atoms with E-state index in [1.807, 2.05) is 0 Å². The second kappa shape index (κ2) is 5.00. The summed E-state index contributed by atoms with van der Waals surface area (Å²) in [6.45, 7) is 2.09. The Bertz CT molecular complexity index is 423. The average molecular weight is 296 g/mol. The summed E-state index contributed by atoms with van der Waals surface area (Å²) in [5.74, 6) is -0.382. The molecule has 2 amide bonds. The smallest absolute Gasteiger partial charge is 0.262 e. The summed E-state index contributed by atoms with van der Waals surface area (Å²) in [7, 11) is 0. The van der Waals surface area contributed by atoms with Crippen molar-refractivity contribution >= 4 is 27.7 Å². The molecule has 0 aromatic heterocycles. The molecule has 0 bridgehead atoms. The molecule has 1 atom stereocenters. The van der Waals surface area contributed by atoms with Gasteiger partial charge in [0.15, 0.2) is 0 Å². The van der Waals surface area contributed by atoms with Crippen molar-refractivity contribution in [3.05, 3.63) is 35.4 Å². The maximum absolute atomic E-state index is 12.1. The molecule has 1 aromatic rings. The number of benzene rings is 1. The number of amides is 2. The van der Waals surface area contributed by atoms with Gasteiger partial charge in [0.05, 0.1) is 16.1 Å². The summed E-state index contributed by atoms with van der Waals surface area (Å²) in [6, 6.07) is 6.97. The lowest BCUT2D eigenvalue weighted by atomic mass is 10.1. The van der Waals surface area contributed by atoms with Gasteiger partial charge in [-0.15, -0.1) is 0 Å². The van der Waals surface area contributed by atoms with Gasteiger partial charge in [0.2, 0.25) is 0 Å². The Morgan fingerprint density at radius 3 is 2.18 bits per heavy atom. The first-order valence-corrected chi connectivity index (χ1v) is 6.69. The van der Waals surface area contributed by atoms with Crippen LogP contribution >= 0.6 is 15.9 Å². The van der Waals surface area contributed by atoms with Gasteiger partial charge in [-0.25, -0.2) is 0 Å². The molecule has 1 aliphatic rings. The number of rotatable bonds is 4. The van der Waals surface area contributed by atoms with E-state index in [1.165, 1.54) is 4.90 Å². The van der Waals surface area contributed by atoms with Crippen molar-refractivity contribution < 1.29 is 9.59 Å². The lowest BCUT2D eigenvalue weighted by Crippen LogP contribution is -2.36. The Morgan fingerprint density at radius 2 is 1.71 bits per heavy atom. The van der Waals surface area contributed by atoms with E-state index in [-0.39, 0.29) is 16.8 Å². The fourth-order valence-electron chi connectivity index (χ4n) is 1.96. The van der Waals surface area contributed by atoms with Gasteiger partial charge in [-0.2, -0.15) is 0 Å². The molecule has 17 heavy (non-hydrogen) atoms. The van der Waals surface area contributed by atoms with Crippen LogP contribution in [0.3, 0.4) is 0 Å². The molecule has 2 rings (SSSR count). The van der Waals surface area contributed by atoms with Crippen LogP contribution in [0.2, 0.25) is 0 Å². The van der Waals surface area contributed by atoms with Gasteiger partial charge in [0, 0.05) is 0 Å². The van der Waals surface area contributed by atoms with Crippen LogP contribution in [0, 0.1) is 0 Å². The Hall–Kier alpha value is -1.16. The summed E-state index contributed by atoms with van der Waals surface area (Å²) in [4.78, 5) is 25.3. The Balaban J connectivity index is 2.24. The molecule has 0 spiro atoms. The summed E-state index contributed by atoms with van der Waals surface area (Å²) < 4.78 is 0. The minimum atomic E-state index is -0.199. The predicted molar refractivity (Wildman–Crippen MR) is 69.2 cm³/mol. The second-order valence-electron chi connectivity index (χ2n) is 4.10. The molecule has 0 saturated heterocycles. The number of fused-ring (bicyclic) bond motifs is 1. The monoisotopic (exact) mass is 295 g/mol. The van der Waals surface area contributed by atoms with E-state index in [9.17, 15) is 9.59 Å². The molecule has 1 aromatic carbocycles. The number of carbonyl (C=O) groups excluding carboxylic acids is 2. The molecule has 1 aliphatic heterocycles. The summed E-state index contributed by atoms with van der Waals surface area (Å²) >= 11 is 3.43. The van der Waals surface area contributed by atoms with Crippen molar-refractivity contribution in [3.8, 4) is 0 Å². The summed E-state index contributed by atoms with van der Waals surface area (Å²) in [5, 5.41) is 0. The number of unbranched alkanes of at least 4 members (excludes halogenated alkanes) is 1. The Kier molecular flexibility index (Phi) is 3.62. The number of halogens is 1. The van der Waals surface area contributed by atoms with E-state index >= 15 is 0 Å². The molecule has 0 radical (unpaired) electrons. The number of hydrogen-bond acceptors (Lipinski definition) is 2. The van der Waals surface area contributed by atoms with Gasteiger partial charge in [0.25, 0.3) is 11.8 Å². The molecule has 0 fully saturated rings. The minimum Gasteiger partial charge on any atom is -0.269 e. The first kappa shape index (κ1) is 12.3. The highest BCUT2D eigenvalue weighted by molar-refractivity contribution is 9.09. The zero-order chi connectivity index (χ0) is 12.4. The predicted octanol–water partition coefficient (Wildman–Crippen LogP) is 3.19. The standard InChI is InChI=1S/C13H14BrNO2/c1-2-3-8-11(14)15-12(16)9-6-4-5-7-10(9)13(15)17/h4-7,11H,2-3,8H2,1H3. The van der Waals surface area contributed by atoms with Crippen molar-refractivity contribution in [1.82, 2.24) is 4.90 Å². The van der Waals surface area contributed by atoms with Gasteiger partial charge in [0.1, 0.15) is 0 Å². The molecule has 0 N–H and O–H groups in total. The van der Waals surface area contributed by atoms with Crippen LogP contribution < -0.4 is 0 Å². The molecule has 4 heteroatoms. The average Bonchev–Trinajstić information content (AvgIpc) is 2.60. The Morgan fingerprint density at radius 1 is 1.18 bits per heavy atom. The third-order valence-corrected chi connectivity index (χ3v) is 3.77. The number of alkyl halides is 1. The van der Waals surface area contributed by atoms with Crippen LogP contribution in [0.15, 0.2) is 24.3 Å². The van der Waals surface area contributed by atoms with Crippen LogP contribution in [0.4, 0.5) is 0 Å². The van der Waals surface area contributed by atoms with Crippen molar-refractivity contribution in [2.24, 2.45) is 0 Å².